The van der Waals surface area contributed by atoms with Crippen LogP contribution in [0.4, 0.5) is 0 Å². The molecule has 0 N–H and O–H groups in total. The number of nitrogens with zero attached hydrogens (tertiary/aromatic N) is 3. The highest BCUT2D eigenvalue weighted by molar-refractivity contribution is 5.97. The van der Waals surface area contributed by atoms with Gasteiger partial charge in [0.2, 0.25) is 0 Å². The molecule has 92 valence electrons. The zero-order chi connectivity index (χ0) is 13.4. The van der Waals surface area contributed by atoms with Crippen LogP contribution < -0.4 is 0 Å². The van der Waals surface area contributed by atoms with Crippen molar-refractivity contribution in [1.82, 2.24) is 0 Å². The summed E-state index contributed by atoms with van der Waals surface area (Å²) in [6, 6.07) is 7.24. The van der Waals surface area contributed by atoms with Gasteiger partial charge in [0.25, 0.3) is 0 Å². The Morgan fingerprint density at radius 1 is 1.39 bits per heavy atom. The Bertz CT molecular complexity index is 514. The van der Waals surface area contributed by atoms with Crippen molar-refractivity contribution in [3.8, 4) is 11.8 Å². The summed E-state index contributed by atoms with van der Waals surface area (Å²) in [5.41, 5.74) is 9.66. The fourth-order valence-corrected chi connectivity index (χ4v) is 1.37. The van der Waals surface area contributed by atoms with Crippen molar-refractivity contribution in [1.29, 1.82) is 0 Å². The minimum atomic E-state index is 0.00535. The van der Waals surface area contributed by atoms with Gasteiger partial charge in [-0.25, -0.2) is 0 Å². The zero-order valence-electron chi connectivity index (χ0n) is 10.6. The third-order valence-electron chi connectivity index (χ3n) is 2.33. The molecule has 1 rings (SSSR count). The van der Waals surface area contributed by atoms with E-state index in [0.29, 0.717) is 18.5 Å². The van der Waals surface area contributed by atoms with Crippen molar-refractivity contribution in [2.24, 2.45) is 11.0 Å². The predicted molar refractivity (Wildman–Crippen MR) is 71.1 cm³/mol. The topological polar surface area (TPSA) is 65.8 Å². The van der Waals surface area contributed by atoms with Crippen LogP contribution in [0.15, 0.2) is 29.4 Å². The summed E-state index contributed by atoms with van der Waals surface area (Å²) in [6.07, 6.45) is 0.538. The van der Waals surface area contributed by atoms with Gasteiger partial charge in [0.1, 0.15) is 0 Å². The molecule has 0 saturated carbocycles. The summed E-state index contributed by atoms with van der Waals surface area (Å²) < 4.78 is 0. The molecular weight excluding hydrogens is 226 g/mol. The molecule has 0 fully saturated rings. The lowest BCUT2D eigenvalue weighted by atomic mass is 10.0. The number of azide groups is 1. The maximum absolute atomic E-state index is 11.7. The third kappa shape index (κ3) is 4.32. The van der Waals surface area contributed by atoms with E-state index in [-0.39, 0.29) is 11.7 Å². The highest BCUT2D eigenvalue weighted by atomic mass is 16.1. The van der Waals surface area contributed by atoms with Gasteiger partial charge in [-0.15, -0.1) is 0 Å². The van der Waals surface area contributed by atoms with Gasteiger partial charge in [0, 0.05) is 34.9 Å². The van der Waals surface area contributed by atoms with Crippen LogP contribution in [0, 0.1) is 17.8 Å². The van der Waals surface area contributed by atoms with E-state index in [9.17, 15) is 4.79 Å². The summed E-state index contributed by atoms with van der Waals surface area (Å²) in [5.74, 6) is 6.00. The van der Waals surface area contributed by atoms with E-state index in [0.717, 1.165) is 5.56 Å². The van der Waals surface area contributed by atoms with Crippen LogP contribution in [0.3, 0.4) is 0 Å². The first kappa shape index (κ1) is 13.8. The Kier molecular flexibility index (Phi) is 5.50. The van der Waals surface area contributed by atoms with Crippen molar-refractivity contribution < 1.29 is 4.79 Å². The van der Waals surface area contributed by atoms with Crippen LogP contribution in [0.5, 0.6) is 0 Å². The first-order valence-corrected chi connectivity index (χ1v) is 5.79. The number of hydrogen-bond donors (Lipinski definition) is 0. The molecule has 0 aliphatic rings. The van der Waals surface area contributed by atoms with Crippen LogP contribution in [-0.4, -0.2) is 12.3 Å². The predicted octanol–water partition coefficient (Wildman–Crippen LogP) is 3.58. The molecule has 0 unspecified atom stereocenters. The van der Waals surface area contributed by atoms with E-state index in [1.54, 1.807) is 12.1 Å². The average molecular weight is 241 g/mol. The molecule has 18 heavy (non-hydrogen) atoms. The highest BCUT2D eigenvalue weighted by Gasteiger charge is 2.09. The lowest BCUT2D eigenvalue weighted by molar-refractivity contribution is 0.0939. The summed E-state index contributed by atoms with van der Waals surface area (Å²) in [7, 11) is 0. The molecule has 1 aromatic rings. The minimum Gasteiger partial charge on any atom is -0.294 e. The lowest BCUT2D eigenvalue weighted by Gasteiger charge is -2.03. The summed E-state index contributed by atoms with van der Waals surface area (Å²) in [6.45, 7) is 4.14. The van der Waals surface area contributed by atoms with Gasteiger partial charge in [0.05, 0.1) is 0 Å². The first-order chi connectivity index (χ1) is 8.65. The van der Waals surface area contributed by atoms with Gasteiger partial charge in [-0.05, 0) is 17.7 Å². The van der Waals surface area contributed by atoms with Crippen molar-refractivity contribution in [3.63, 3.8) is 0 Å². The van der Waals surface area contributed by atoms with Gasteiger partial charge in [0.15, 0.2) is 5.78 Å². The molecule has 4 heteroatoms. The van der Waals surface area contributed by atoms with E-state index in [1.165, 1.54) is 0 Å². The minimum absolute atomic E-state index is 0.00535. The zero-order valence-corrected chi connectivity index (χ0v) is 10.6. The summed E-state index contributed by atoms with van der Waals surface area (Å²) >= 11 is 0. The first-order valence-electron chi connectivity index (χ1n) is 5.79. The van der Waals surface area contributed by atoms with Crippen LogP contribution in [0.25, 0.3) is 10.4 Å². The van der Waals surface area contributed by atoms with Crippen LogP contribution in [0.2, 0.25) is 0 Å². The molecule has 0 radical (unpaired) electrons. The van der Waals surface area contributed by atoms with Crippen molar-refractivity contribution >= 4 is 5.78 Å². The molecule has 0 spiro atoms. The van der Waals surface area contributed by atoms with Crippen LogP contribution >= 0.6 is 0 Å². The highest BCUT2D eigenvalue weighted by Crippen LogP contribution is 2.09. The molecule has 1 aromatic carbocycles. The molecule has 0 saturated heterocycles. The monoisotopic (exact) mass is 241 g/mol. The molecular formula is C14H15N3O. The van der Waals surface area contributed by atoms with E-state index in [2.05, 4.69) is 21.9 Å². The normalized spacial score (nSPS) is 9.28. The second kappa shape index (κ2) is 7.16. The van der Waals surface area contributed by atoms with Gasteiger partial charge in [-0.2, -0.15) is 0 Å². The Morgan fingerprint density at radius 3 is 2.61 bits per heavy atom. The lowest BCUT2D eigenvalue weighted by Crippen LogP contribution is -2.06. The number of ketones is 1. The molecule has 0 heterocycles. The van der Waals surface area contributed by atoms with E-state index in [4.69, 9.17) is 5.53 Å². The molecule has 0 atom stereocenters. The molecule has 0 aliphatic carbocycles. The van der Waals surface area contributed by atoms with E-state index >= 15 is 0 Å². The fraction of sp³-hybridized carbons (Fsp3) is 0.357. The number of rotatable bonds is 4. The number of carbonyl (C=O) groups excluding carboxylic acids is 1. The molecule has 0 amide bonds. The molecule has 4 nitrogen and oxygen atoms in total. The van der Waals surface area contributed by atoms with Gasteiger partial charge in [-0.1, -0.05) is 42.9 Å². The van der Waals surface area contributed by atoms with Crippen molar-refractivity contribution in [2.45, 2.75) is 20.3 Å². The number of benzene rings is 1. The van der Waals surface area contributed by atoms with Crippen LogP contribution in [0.1, 0.15) is 36.2 Å². The SMILES string of the molecule is CC(C)C(=O)c1ccc(C#CCCN=[N+]=[N-])cc1. The quantitative estimate of drug-likeness (QED) is 0.198. The van der Waals surface area contributed by atoms with E-state index in [1.807, 2.05) is 26.0 Å². The number of carbonyl (C=O) groups is 1. The fourth-order valence-electron chi connectivity index (χ4n) is 1.37. The maximum atomic E-state index is 11.7. The number of hydrogen-bond acceptors (Lipinski definition) is 2. The van der Waals surface area contributed by atoms with Crippen molar-refractivity contribution in [2.75, 3.05) is 6.54 Å². The smallest absolute Gasteiger partial charge is 0.165 e. The average Bonchev–Trinajstić information content (AvgIpc) is 2.38. The standard InChI is InChI=1S/C14H15N3O/c1-11(2)14(18)13-8-6-12(7-9-13)5-3-4-10-16-17-15/h6-9,11H,4,10H2,1-2H3. The largest absolute Gasteiger partial charge is 0.294 e. The van der Waals surface area contributed by atoms with Gasteiger partial charge in [-0.3, -0.25) is 4.79 Å². The van der Waals surface area contributed by atoms with Gasteiger partial charge >= 0.3 is 0 Å². The molecule has 0 aliphatic heterocycles. The number of Topliss-reactive ketones (excluding diaryl/α,β-unsaturated/α-hetero) is 1. The Hall–Kier alpha value is -2.24. The molecule has 0 bridgehead atoms. The third-order valence-corrected chi connectivity index (χ3v) is 2.33. The van der Waals surface area contributed by atoms with Crippen LogP contribution in [-0.2, 0) is 0 Å². The van der Waals surface area contributed by atoms with Crippen molar-refractivity contribution in [3.05, 3.63) is 45.8 Å². The Balaban J connectivity index is 2.65. The Morgan fingerprint density at radius 2 is 2.06 bits per heavy atom. The summed E-state index contributed by atoms with van der Waals surface area (Å²) in [5, 5.41) is 3.39. The second-order valence-electron chi connectivity index (χ2n) is 4.10. The maximum Gasteiger partial charge on any atom is 0.165 e. The summed E-state index contributed by atoms with van der Waals surface area (Å²) in [4.78, 5) is 14.4. The van der Waals surface area contributed by atoms with E-state index < -0.39 is 0 Å². The Labute approximate surface area is 107 Å². The molecule has 0 aromatic heterocycles. The van der Waals surface area contributed by atoms with Gasteiger partial charge < -0.3 is 0 Å². The second-order valence-corrected chi connectivity index (χ2v) is 4.10.